The van der Waals surface area contributed by atoms with Crippen LogP contribution in [0.5, 0.6) is 11.5 Å². The van der Waals surface area contributed by atoms with Gasteiger partial charge in [-0.1, -0.05) is 0 Å². The fraction of sp³-hybridized carbons (Fsp3) is 0.326. The average Bonchev–Trinajstić information content (AvgIpc) is 3.24. The Morgan fingerprint density at radius 1 is 0.690 bits per heavy atom. The lowest BCUT2D eigenvalue weighted by molar-refractivity contribution is -0.121. The number of carbonyl (C=O) groups is 4. The molecule has 300 valence electrons. The summed E-state index contributed by atoms with van der Waals surface area (Å²) >= 11 is 0. The molecule has 58 heavy (non-hydrogen) atoms. The number of anilines is 1. The molecule has 0 saturated carbocycles. The van der Waals surface area contributed by atoms with Crippen molar-refractivity contribution in [2.75, 3.05) is 57.7 Å². The summed E-state index contributed by atoms with van der Waals surface area (Å²) in [6.45, 7) is 11.3. The van der Waals surface area contributed by atoms with Crippen LogP contribution in [0.15, 0.2) is 91.1 Å². The van der Waals surface area contributed by atoms with E-state index in [1.807, 2.05) is 44.7 Å². The first-order valence-electron chi connectivity index (χ1n) is 18.7. The van der Waals surface area contributed by atoms with Crippen LogP contribution >= 0.6 is 0 Å². The molecule has 6 rings (SSSR count). The predicted octanol–water partition coefficient (Wildman–Crippen LogP) is 5.92. The molecule has 0 aliphatic carbocycles. The van der Waals surface area contributed by atoms with Crippen molar-refractivity contribution >= 4 is 29.6 Å². The number of ether oxygens (including phenoxy) is 2. The third-order valence-electron chi connectivity index (χ3n) is 9.31. The number of nitrogens with one attached hydrogen (secondary N) is 1. The Hall–Kier alpha value is -6.84. The van der Waals surface area contributed by atoms with Gasteiger partial charge in [0.15, 0.2) is 0 Å². The second-order valence-corrected chi connectivity index (χ2v) is 14.6. The molecule has 1 N–H and O–H groups in total. The Balaban J connectivity index is 0.000000242. The lowest BCUT2D eigenvalue weighted by Gasteiger charge is -2.37. The van der Waals surface area contributed by atoms with Gasteiger partial charge in [-0.3, -0.25) is 19.3 Å². The van der Waals surface area contributed by atoms with E-state index >= 15 is 0 Å². The largest absolute Gasteiger partial charge is 0.456 e. The molecule has 0 bridgehead atoms. The van der Waals surface area contributed by atoms with Crippen molar-refractivity contribution in [1.29, 1.82) is 10.5 Å². The quantitative estimate of drug-likeness (QED) is 0.237. The molecule has 3 aromatic carbocycles. The minimum atomic E-state index is -0.521. The van der Waals surface area contributed by atoms with Gasteiger partial charge in [-0.25, -0.2) is 14.2 Å². The monoisotopic (exact) mass is 788 g/mol. The third kappa shape index (κ3) is 11.8. The zero-order chi connectivity index (χ0) is 41.8. The number of piperazine rings is 2. The van der Waals surface area contributed by atoms with E-state index in [4.69, 9.17) is 20.0 Å². The van der Waals surface area contributed by atoms with Gasteiger partial charge in [0.25, 0.3) is 11.8 Å². The number of benzene rings is 3. The zero-order valence-corrected chi connectivity index (χ0v) is 32.9. The van der Waals surface area contributed by atoms with Crippen LogP contribution in [0.1, 0.15) is 59.5 Å². The van der Waals surface area contributed by atoms with Gasteiger partial charge in [-0.2, -0.15) is 10.5 Å². The minimum Gasteiger partial charge on any atom is -0.456 e. The summed E-state index contributed by atoms with van der Waals surface area (Å²) in [6.07, 6.45) is 1.14. The first-order chi connectivity index (χ1) is 27.7. The highest BCUT2D eigenvalue weighted by molar-refractivity contribution is 5.95. The molecule has 4 amide bonds. The van der Waals surface area contributed by atoms with Crippen LogP contribution in [-0.4, -0.2) is 112 Å². The summed E-state index contributed by atoms with van der Waals surface area (Å²) in [7, 11) is 0. The lowest BCUT2D eigenvalue weighted by atomic mass is 10.1. The highest BCUT2D eigenvalue weighted by Gasteiger charge is 2.29. The fourth-order valence-corrected chi connectivity index (χ4v) is 6.02. The average molecular weight is 789 g/mol. The molecular formula is C43H45FN8O6. The fourth-order valence-electron chi connectivity index (χ4n) is 6.02. The standard InChI is InChI=1S/C26H24FN5O3.C17H21N3O3/c1-18(31-12-14-32(15-13-31)26(34)20-4-2-19(16-28)3-5-20)25(33)30-24-11-10-23(17-29-24)35-22-8-6-21(27)7-9-22;1-17(2,3)23-16(22)20-10-8-19(9-11-20)15(21)14-6-4-13(12-18)5-7-14/h2-11,17-18H,12-15H2,1H3,(H,29,30,33);4-7H,8-11H2,1-3H3. The van der Waals surface area contributed by atoms with Crippen LogP contribution in [0, 0.1) is 28.5 Å². The van der Waals surface area contributed by atoms with Crippen LogP contribution in [0.4, 0.5) is 15.0 Å². The van der Waals surface area contributed by atoms with Crippen LogP contribution in [0.2, 0.25) is 0 Å². The van der Waals surface area contributed by atoms with E-state index in [2.05, 4.69) is 10.3 Å². The number of hydrogen-bond donors (Lipinski definition) is 1. The second kappa shape index (κ2) is 19.3. The Kier molecular flexibility index (Phi) is 14.1. The summed E-state index contributed by atoms with van der Waals surface area (Å²) in [5.41, 5.74) is 1.61. The molecule has 1 atom stereocenters. The summed E-state index contributed by atoms with van der Waals surface area (Å²) in [4.78, 5) is 61.2. The number of rotatable bonds is 7. The molecule has 0 spiro atoms. The maximum atomic E-state index is 13.0. The van der Waals surface area contributed by atoms with Crippen molar-refractivity contribution in [1.82, 2.24) is 24.6 Å². The van der Waals surface area contributed by atoms with Crippen molar-refractivity contribution in [3.05, 3.63) is 119 Å². The maximum absolute atomic E-state index is 13.0. The summed E-state index contributed by atoms with van der Waals surface area (Å²) in [6, 6.07) is 25.8. The molecule has 3 heterocycles. The number of nitrogens with zero attached hydrogens (tertiary/aromatic N) is 7. The third-order valence-corrected chi connectivity index (χ3v) is 9.31. The van der Waals surface area contributed by atoms with Crippen molar-refractivity contribution < 1.29 is 33.0 Å². The number of hydrogen-bond acceptors (Lipinski definition) is 10. The highest BCUT2D eigenvalue weighted by atomic mass is 19.1. The van der Waals surface area contributed by atoms with Crippen LogP contribution in [0.3, 0.4) is 0 Å². The van der Waals surface area contributed by atoms with Gasteiger partial charge < -0.3 is 29.5 Å². The molecule has 0 radical (unpaired) electrons. The van der Waals surface area contributed by atoms with E-state index in [0.717, 1.165) is 0 Å². The summed E-state index contributed by atoms with van der Waals surface area (Å²) in [5, 5.41) is 20.5. The van der Waals surface area contributed by atoms with E-state index in [-0.39, 0.29) is 29.6 Å². The second-order valence-electron chi connectivity index (χ2n) is 14.6. The van der Waals surface area contributed by atoms with Gasteiger partial charge >= 0.3 is 6.09 Å². The van der Waals surface area contributed by atoms with E-state index < -0.39 is 11.6 Å². The Labute approximate surface area is 337 Å². The van der Waals surface area contributed by atoms with Crippen LogP contribution in [-0.2, 0) is 9.53 Å². The van der Waals surface area contributed by atoms with Crippen molar-refractivity contribution in [3.8, 4) is 23.6 Å². The number of nitriles is 2. The van der Waals surface area contributed by atoms with Gasteiger partial charge in [0.1, 0.15) is 28.7 Å². The first-order valence-corrected chi connectivity index (χ1v) is 18.7. The van der Waals surface area contributed by atoms with Crippen molar-refractivity contribution in [3.63, 3.8) is 0 Å². The predicted molar refractivity (Wildman–Crippen MR) is 212 cm³/mol. The van der Waals surface area contributed by atoms with E-state index in [0.29, 0.717) is 91.9 Å². The molecule has 1 unspecified atom stereocenters. The van der Waals surface area contributed by atoms with Gasteiger partial charge in [0.2, 0.25) is 5.91 Å². The molecule has 2 aliphatic heterocycles. The van der Waals surface area contributed by atoms with Gasteiger partial charge in [-0.15, -0.1) is 0 Å². The molecule has 2 fully saturated rings. The molecule has 2 saturated heterocycles. The Bertz CT molecular complexity index is 2130. The molecule has 15 heteroatoms. The topological polar surface area (TPSA) is 172 Å². The normalized spacial score (nSPS) is 14.8. The first kappa shape index (κ1) is 42.3. The number of halogens is 1. The SMILES string of the molecule is CC(C(=O)Nc1ccc(Oc2ccc(F)cc2)cn1)N1CCN(C(=O)c2ccc(C#N)cc2)CC1.CC(C)(C)OC(=O)N1CCN(C(=O)c2ccc(C#N)cc2)CC1. The molecule has 2 aliphatic rings. The van der Waals surface area contributed by atoms with E-state index in [1.54, 1.807) is 75.4 Å². The Morgan fingerprint density at radius 3 is 1.60 bits per heavy atom. The number of amides is 4. The Morgan fingerprint density at radius 2 is 1.16 bits per heavy atom. The number of aromatic nitrogens is 1. The van der Waals surface area contributed by atoms with Crippen LogP contribution < -0.4 is 10.1 Å². The number of carbonyl (C=O) groups excluding carboxylic acids is 4. The maximum Gasteiger partial charge on any atom is 0.410 e. The summed E-state index contributed by atoms with van der Waals surface area (Å²) in [5.74, 6) is 0.624. The van der Waals surface area contributed by atoms with Gasteiger partial charge in [0.05, 0.1) is 35.5 Å². The van der Waals surface area contributed by atoms with Gasteiger partial charge in [-0.05, 0) is 113 Å². The zero-order valence-electron chi connectivity index (χ0n) is 32.9. The molecular weight excluding hydrogens is 744 g/mol. The van der Waals surface area contributed by atoms with E-state index in [1.165, 1.54) is 30.5 Å². The van der Waals surface area contributed by atoms with Gasteiger partial charge in [0, 0.05) is 63.5 Å². The smallest absolute Gasteiger partial charge is 0.410 e. The minimum absolute atomic E-state index is 0.0848. The van der Waals surface area contributed by atoms with Crippen molar-refractivity contribution in [2.24, 2.45) is 0 Å². The van der Waals surface area contributed by atoms with E-state index in [9.17, 15) is 23.6 Å². The van der Waals surface area contributed by atoms with Crippen LogP contribution in [0.25, 0.3) is 0 Å². The lowest BCUT2D eigenvalue weighted by Crippen LogP contribution is -2.54. The summed E-state index contributed by atoms with van der Waals surface area (Å²) < 4.78 is 24.0. The van der Waals surface area contributed by atoms with Crippen molar-refractivity contribution in [2.45, 2.75) is 39.3 Å². The number of pyridine rings is 1. The molecule has 4 aromatic rings. The highest BCUT2D eigenvalue weighted by Crippen LogP contribution is 2.22. The molecule has 14 nitrogen and oxygen atoms in total. The molecule has 1 aromatic heterocycles.